The third-order valence-electron chi connectivity index (χ3n) is 3.66. The SMILES string of the molecule is CCCOc1ccc(C(=O)N(C)Cc2ccccc2F)cc1OCC. The van der Waals surface area contributed by atoms with E-state index in [0.717, 1.165) is 6.42 Å². The van der Waals surface area contributed by atoms with Crippen LogP contribution in [0.1, 0.15) is 36.2 Å². The van der Waals surface area contributed by atoms with E-state index in [1.807, 2.05) is 13.8 Å². The fourth-order valence-electron chi connectivity index (χ4n) is 2.41. The monoisotopic (exact) mass is 345 g/mol. The van der Waals surface area contributed by atoms with Crippen LogP contribution in [0.15, 0.2) is 42.5 Å². The Kier molecular flexibility index (Phi) is 6.81. The molecule has 0 heterocycles. The van der Waals surface area contributed by atoms with Gasteiger partial charge in [0.1, 0.15) is 5.82 Å². The molecule has 0 radical (unpaired) electrons. The summed E-state index contributed by atoms with van der Waals surface area (Å²) in [4.78, 5) is 14.1. The molecule has 0 fully saturated rings. The zero-order valence-electron chi connectivity index (χ0n) is 14.9. The Hall–Kier alpha value is -2.56. The predicted molar refractivity (Wildman–Crippen MR) is 95.6 cm³/mol. The van der Waals surface area contributed by atoms with Crippen LogP contribution in [0, 0.1) is 5.82 Å². The molecule has 0 N–H and O–H groups in total. The van der Waals surface area contributed by atoms with Crippen molar-refractivity contribution >= 4 is 5.91 Å². The summed E-state index contributed by atoms with van der Waals surface area (Å²) in [6.07, 6.45) is 0.887. The molecule has 0 saturated carbocycles. The smallest absolute Gasteiger partial charge is 0.254 e. The number of hydrogen-bond donors (Lipinski definition) is 0. The van der Waals surface area contributed by atoms with Gasteiger partial charge >= 0.3 is 0 Å². The number of benzene rings is 2. The van der Waals surface area contributed by atoms with Gasteiger partial charge in [0.2, 0.25) is 0 Å². The molecule has 2 aromatic rings. The van der Waals surface area contributed by atoms with Gasteiger partial charge in [0.05, 0.1) is 13.2 Å². The molecule has 2 aromatic carbocycles. The Bertz CT molecular complexity index is 718. The van der Waals surface area contributed by atoms with E-state index in [9.17, 15) is 9.18 Å². The van der Waals surface area contributed by atoms with Crippen molar-refractivity contribution in [2.24, 2.45) is 0 Å². The van der Waals surface area contributed by atoms with Crippen LogP contribution in [0.5, 0.6) is 11.5 Å². The summed E-state index contributed by atoms with van der Waals surface area (Å²) in [5, 5.41) is 0. The van der Waals surface area contributed by atoms with Crippen molar-refractivity contribution in [3.8, 4) is 11.5 Å². The van der Waals surface area contributed by atoms with Gasteiger partial charge in [0.15, 0.2) is 11.5 Å². The van der Waals surface area contributed by atoms with Crippen LogP contribution in [0.3, 0.4) is 0 Å². The molecule has 5 heteroatoms. The van der Waals surface area contributed by atoms with Crippen molar-refractivity contribution in [2.75, 3.05) is 20.3 Å². The van der Waals surface area contributed by atoms with Crippen LogP contribution in [-0.2, 0) is 6.54 Å². The molecule has 0 aliphatic heterocycles. The number of amides is 1. The first kappa shape index (κ1) is 18.8. The standard InChI is InChI=1S/C20H24FNO3/c1-4-12-25-18-11-10-15(13-19(18)24-5-2)20(23)22(3)14-16-8-6-7-9-17(16)21/h6-11,13H,4-5,12,14H2,1-3H3. The Morgan fingerprint density at radius 2 is 1.84 bits per heavy atom. The number of hydrogen-bond acceptors (Lipinski definition) is 3. The van der Waals surface area contributed by atoms with Gasteiger partial charge in [-0.25, -0.2) is 4.39 Å². The molecular weight excluding hydrogens is 321 g/mol. The average molecular weight is 345 g/mol. The highest BCUT2D eigenvalue weighted by molar-refractivity contribution is 5.94. The largest absolute Gasteiger partial charge is 0.490 e. The lowest BCUT2D eigenvalue weighted by Gasteiger charge is -2.19. The zero-order chi connectivity index (χ0) is 18.2. The lowest BCUT2D eigenvalue weighted by atomic mass is 10.1. The van der Waals surface area contributed by atoms with E-state index in [2.05, 4.69) is 0 Å². The minimum atomic E-state index is -0.319. The lowest BCUT2D eigenvalue weighted by molar-refractivity contribution is 0.0783. The predicted octanol–water partition coefficient (Wildman–Crippen LogP) is 4.29. The Morgan fingerprint density at radius 1 is 1.08 bits per heavy atom. The topological polar surface area (TPSA) is 38.8 Å². The first-order valence-corrected chi connectivity index (χ1v) is 8.45. The maximum absolute atomic E-state index is 13.8. The molecule has 0 aliphatic carbocycles. The highest BCUT2D eigenvalue weighted by Gasteiger charge is 2.16. The summed E-state index contributed by atoms with van der Waals surface area (Å²) in [5.74, 6) is 0.643. The Balaban J connectivity index is 2.17. The van der Waals surface area contributed by atoms with Crippen LogP contribution in [-0.4, -0.2) is 31.1 Å². The van der Waals surface area contributed by atoms with Crippen LogP contribution in [0.2, 0.25) is 0 Å². The third-order valence-corrected chi connectivity index (χ3v) is 3.66. The lowest BCUT2D eigenvalue weighted by Crippen LogP contribution is -2.26. The highest BCUT2D eigenvalue weighted by Crippen LogP contribution is 2.29. The molecule has 1 amide bonds. The molecule has 0 aliphatic rings. The molecule has 0 bridgehead atoms. The molecule has 0 unspecified atom stereocenters. The van der Waals surface area contributed by atoms with E-state index in [1.165, 1.54) is 11.0 Å². The summed E-state index contributed by atoms with van der Waals surface area (Å²) >= 11 is 0. The third kappa shape index (κ3) is 4.95. The van der Waals surface area contributed by atoms with Crippen LogP contribution < -0.4 is 9.47 Å². The molecule has 2 rings (SSSR count). The van der Waals surface area contributed by atoms with E-state index >= 15 is 0 Å². The quantitative estimate of drug-likeness (QED) is 0.716. The maximum atomic E-state index is 13.8. The molecule has 134 valence electrons. The fourth-order valence-corrected chi connectivity index (χ4v) is 2.41. The van der Waals surface area contributed by atoms with E-state index in [4.69, 9.17) is 9.47 Å². The molecule has 0 aromatic heterocycles. The Morgan fingerprint density at radius 3 is 2.52 bits per heavy atom. The van der Waals surface area contributed by atoms with Gasteiger partial charge in [-0.05, 0) is 37.6 Å². The summed E-state index contributed by atoms with van der Waals surface area (Å²) in [5.41, 5.74) is 0.956. The summed E-state index contributed by atoms with van der Waals surface area (Å²) < 4.78 is 25.0. The summed E-state index contributed by atoms with van der Waals surface area (Å²) in [7, 11) is 1.65. The number of rotatable bonds is 8. The Labute approximate surface area is 148 Å². The van der Waals surface area contributed by atoms with Crippen molar-refractivity contribution in [1.29, 1.82) is 0 Å². The molecule has 25 heavy (non-hydrogen) atoms. The second-order valence-electron chi connectivity index (χ2n) is 5.70. The summed E-state index contributed by atoms with van der Waals surface area (Å²) in [6.45, 7) is 5.16. The van der Waals surface area contributed by atoms with Gasteiger partial charge in [-0.3, -0.25) is 4.79 Å². The second kappa shape index (κ2) is 9.06. The number of halogens is 1. The van der Waals surface area contributed by atoms with Gasteiger partial charge in [0.25, 0.3) is 5.91 Å². The first-order chi connectivity index (χ1) is 12.1. The number of ether oxygens (including phenoxy) is 2. The number of nitrogens with zero attached hydrogens (tertiary/aromatic N) is 1. The van der Waals surface area contributed by atoms with Gasteiger partial charge in [-0.15, -0.1) is 0 Å². The van der Waals surface area contributed by atoms with Gasteiger partial charge in [-0.1, -0.05) is 25.1 Å². The van der Waals surface area contributed by atoms with Crippen molar-refractivity contribution in [3.05, 3.63) is 59.4 Å². The van der Waals surface area contributed by atoms with Crippen LogP contribution in [0.4, 0.5) is 4.39 Å². The first-order valence-electron chi connectivity index (χ1n) is 8.45. The van der Waals surface area contributed by atoms with E-state index in [1.54, 1.807) is 43.4 Å². The minimum Gasteiger partial charge on any atom is -0.490 e. The van der Waals surface area contributed by atoms with Crippen molar-refractivity contribution in [2.45, 2.75) is 26.8 Å². The van der Waals surface area contributed by atoms with Crippen molar-refractivity contribution < 1.29 is 18.7 Å². The van der Waals surface area contributed by atoms with Crippen molar-refractivity contribution in [1.82, 2.24) is 4.90 Å². The van der Waals surface area contributed by atoms with E-state index < -0.39 is 0 Å². The average Bonchev–Trinajstić information content (AvgIpc) is 2.62. The van der Waals surface area contributed by atoms with Crippen LogP contribution >= 0.6 is 0 Å². The molecule has 4 nitrogen and oxygen atoms in total. The normalized spacial score (nSPS) is 10.4. The van der Waals surface area contributed by atoms with Gasteiger partial charge < -0.3 is 14.4 Å². The zero-order valence-corrected chi connectivity index (χ0v) is 14.9. The van der Waals surface area contributed by atoms with Gasteiger partial charge in [-0.2, -0.15) is 0 Å². The molecule has 0 atom stereocenters. The second-order valence-corrected chi connectivity index (χ2v) is 5.70. The van der Waals surface area contributed by atoms with E-state index in [0.29, 0.717) is 35.8 Å². The van der Waals surface area contributed by atoms with E-state index in [-0.39, 0.29) is 18.3 Å². The highest BCUT2D eigenvalue weighted by atomic mass is 19.1. The molecule has 0 spiro atoms. The number of carbonyl (C=O) groups is 1. The van der Waals surface area contributed by atoms with Crippen molar-refractivity contribution in [3.63, 3.8) is 0 Å². The fraction of sp³-hybridized carbons (Fsp3) is 0.350. The number of carbonyl (C=O) groups excluding carboxylic acids is 1. The maximum Gasteiger partial charge on any atom is 0.254 e. The van der Waals surface area contributed by atoms with Gasteiger partial charge in [0, 0.05) is 24.7 Å². The summed E-state index contributed by atoms with van der Waals surface area (Å²) in [6, 6.07) is 11.6. The molecule has 0 saturated heterocycles. The minimum absolute atomic E-state index is 0.198. The molecular formula is C20H24FNO3. The van der Waals surface area contributed by atoms with Crippen LogP contribution in [0.25, 0.3) is 0 Å².